The molecule has 0 unspecified atom stereocenters. The normalized spacial score (nSPS) is 11.2. The Morgan fingerprint density at radius 1 is 1.19 bits per heavy atom. The van der Waals surface area contributed by atoms with Gasteiger partial charge in [0.2, 0.25) is 5.28 Å². The lowest BCUT2D eigenvalue weighted by Gasteiger charge is -1.99. The molecule has 1 aromatic carbocycles. The molecule has 2 aromatic rings. The molecule has 0 aliphatic carbocycles. The molecule has 0 fully saturated rings. The zero-order valence-electron chi connectivity index (χ0n) is 8.07. The minimum Gasteiger partial charge on any atom is -0.297 e. The predicted octanol–water partition coefficient (Wildman–Crippen LogP) is 4.47. The van der Waals surface area contributed by atoms with Gasteiger partial charge in [0.05, 0.1) is 0 Å². The average molecular weight is 274 g/mol. The van der Waals surface area contributed by atoms with E-state index in [1.807, 2.05) is 12.1 Å². The van der Waals surface area contributed by atoms with Gasteiger partial charge in [-0.3, -0.25) is 4.57 Å². The minimum absolute atomic E-state index is 0.404. The summed E-state index contributed by atoms with van der Waals surface area (Å²) in [4.78, 5) is 3.89. The summed E-state index contributed by atoms with van der Waals surface area (Å²) >= 11 is 17.6. The van der Waals surface area contributed by atoms with Gasteiger partial charge in [-0.1, -0.05) is 29.3 Å². The number of rotatable bonds is 2. The lowest BCUT2D eigenvalue weighted by molar-refractivity contribution is 1.14. The second-order valence-electron chi connectivity index (χ2n) is 3.09. The Hall–Kier alpha value is -0.960. The molecule has 0 atom stereocenters. The van der Waals surface area contributed by atoms with Crippen molar-refractivity contribution in [2.75, 3.05) is 0 Å². The van der Waals surface area contributed by atoms with E-state index in [1.165, 1.54) is 0 Å². The van der Waals surface area contributed by atoms with Crippen LogP contribution < -0.4 is 0 Å². The standard InChI is InChI=1S/C11H7Cl3N2/c12-9-2-1-8(10(13)7-9)3-5-16-6-4-15-11(16)14/h1-7H. The lowest BCUT2D eigenvalue weighted by atomic mass is 10.2. The molecular weight excluding hydrogens is 266 g/mol. The van der Waals surface area contributed by atoms with Gasteiger partial charge < -0.3 is 0 Å². The third kappa shape index (κ3) is 2.59. The molecule has 1 aromatic heterocycles. The predicted molar refractivity (Wildman–Crippen MR) is 68.9 cm³/mol. The van der Waals surface area contributed by atoms with Crippen molar-refractivity contribution in [3.05, 3.63) is 51.5 Å². The fourth-order valence-electron chi connectivity index (χ4n) is 1.20. The number of benzene rings is 1. The molecule has 16 heavy (non-hydrogen) atoms. The van der Waals surface area contributed by atoms with Crippen LogP contribution >= 0.6 is 34.8 Å². The van der Waals surface area contributed by atoms with Gasteiger partial charge >= 0.3 is 0 Å². The molecule has 0 aliphatic rings. The lowest BCUT2D eigenvalue weighted by Crippen LogP contribution is -1.83. The zero-order valence-corrected chi connectivity index (χ0v) is 10.3. The fraction of sp³-hybridized carbons (Fsp3) is 0. The third-order valence-electron chi connectivity index (χ3n) is 2.00. The van der Waals surface area contributed by atoms with Crippen LogP contribution in [0.5, 0.6) is 0 Å². The molecule has 0 saturated heterocycles. The molecule has 0 N–H and O–H groups in total. The average Bonchev–Trinajstić information content (AvgIpc) is 2.63. The summed E-state index contributed by atoms with van der Waals surface area (Å²) in [5, 5.41) is 1.61. The van der Waals surface area contributed by atoms with Gasteiger partial charge in [0, 0.05) is 28.6 Å². The molecule has 82 valence electrons. The van der Waals surface area contributed by atoms with Crippen LogP contribution in [0.4, 0.5) is 0 Å². The van der Waals surface area contributed by atoms with E-state index in [2.05, 4.69) is 4.98 Å². The van der Waals surface area contributed by atoms with Crippen molar-refractivity contribution >= 4 is 47.1 Å². The Morgan fingerprint density at radius 2 is 2.00 bits per heavy atom. The highest BCUT2D eigenvalue weighted by atomic mass is 35.5. The first-order valence-corrected chi connectivity index (χ1v) is 5.62. The highest BCUT2D eigenvalue weighted by molar-refractivity contribution is 6.35. The van der Waals surface area contributed by atoms with E-state index in [-0.39, 0.29) is 0 Å². The summed E-state index contributed by atoms with van der Waals surface area (Å²) in [6.07, 6.45) is 7.00. The number of nitrogens with zero attached hydrogens (tertiary/aromatic N) is 2. The van der Waals surface area contributed by atoms with E-state index in [4.69, 9.17) is 34.8 Å². The van der Waals surface area contributed by atoms with Crippen LogP contribution in [0.1, 0.15) is 5.56 Å². The van der Waals surface area contributed by atoms with E-state index >= 15 is 0 Å². The quantitative estimate of drug-likeness (QED) is 0.789. The minimum atomic E-state index is 0.404. The number of halogens is 3. The molecule has 0 amide bonds. The Balaban J connectivity index is 2.27. The van der Waals surface area contributed by atoms with Crippen molar-refractivity contribution in [2.24, 2.45) is 0 Å². The number of aromatic nitrogens is 2. The van der Waals surface area contributed by atoms with Gasteiger partial charge in [0.25, 0.3) is 0 Å². The van der Waals surface area contributed by atoms with Crippen molar-refractivity contribution in [1.29, 1.82) is 0 Å². The zero-order chi connectivity index (χ0) is 11.5. The van der Waals surface area contributed by atoms with Gasteiger partial charge in [-0.05, 0) is 35.4 Å². The van der Waals surface area contributed by atoms with Gasteiger partial charge in [0.1, 0.15) is 0 Å². The molecule has 2 rings (SSSR count). The van der Waals surface area contributed by atoms with Crippen molar-refractivity contribution in [2.45, 2.75) is 0 Å². The first-order chi connectivity index (χ1) is 7.66. The number of hydrogen-bond donors (Lipinski definition) is 0. The van der Waals surface area contributed by atoms with E-state index < -0.39 is 0 Å². The van der Waals surface area contributed by atoms with Gasteiger partial charge in [-0.2, -0.15) is 0 Å². The fourth-order valence-corrected chi connectivity index (χ4v) is 1.84. The topological polar surface area (TPSA) is 17.8 Å². The monoisotopic (exact) mass is 272 g/mol. The Morgan fingerprint density at radius 3 is 2.62 bits per heavy atom. The van der Waals surface area contributed by atoms with Crippen LogP contribution in [0.15, 0.2) is 30.6 Å². The number of hydrogen-bond acceptors (Lipinski definition) is 1. The number of imidazole rings is 1. The van der Waals surface area contributed by atoms with Gasteiger partial charge in [-0.15, -0.1) is 0 Å². The molecule has 5 heteroatoms. The van der Waals surface area contributed by atoms with E-state index in [9.17, 15) is 0 Å². The molecule has 1 heterocycles. The SMILES string of the molecule is Clc1ccc(C=Cn2ccnc2Cl)c(Cl)c1. The first-order valence-electron chi connectivity index (χ1n) is 4.48. The van der Waals surface area contributed by atoms with Crippen LogP contribution in [-0.2, 0) is 0 Å². The maximum Gasteiger partial charge on any atom is 0.206 e. The van der Waals surface area contributed by atoms with Crippen LogP contribution in [0.3, 0.4) is 0 Å². The van der Waals surface area contributed by atoms with Crippen LogP contribution in [0.2, 0.25) is 15.3 Å². The maximum absolute atomic E-state index is 6.02. The molecule has 0 saturated carbocycles. The molecule has 0 spiro atoms. The summed E-state index contributed by atoms with van der Waals surface area (Å²) < 4.78 is 1.69. The summed E-state index contributed by atoms with van der Waals surface area (Å²) in [5.74, 6) is 0. The highest BCUT2D eigenvalue weighted by Crippen LogP contribution is 2.22. The van der Waals surface area contributed by atoms with Crippen LogP contribution in [0.25, 0.3) is 12.3 Å². The Kier molecular flexibility index (Phi) is 3.54. The summed E-state index contributed by atoms with van der Waals surface area (Å²) in [7, 11) is 0. The molecule has 0 bridgehead atoms. The Labute approximate surface area is 108 Å². The largest absolute Gasteiger partial charge is 0.297 e. The van der Waals surface area contributed by atoms with E-state index in [1.54, 1.807) is 35.3 Å². The highest BCUT2D eigenvalue weighted by Gasteiger charge is 1.98. The molecular formula is C11H7Cl3N2. The first kappa shape index (κ1) is 11.5. The second-order valence-corrected chi connectivity index (χ2v) is 4.27. The van der Waals surface area contributed by atoms with Crippen molar-refractivity contribution in [3.8, 4) is 0 Å². The third-order valence-corrected chi connectivity index (χ3v) is 2.85. The smallest absolute Gasteiger partial charge is 0.206 e. The molecule has 0 radical (unpaired) electrons. The summed E-state index contributed by atoms with van der Waals surface area (Å²) in [5.41, 5.74) is 0.871. The van der Waals surface area contributed by atoms with E-state index in [0.29, 0.717) is 15.3 Å². The second kappa shape index (κ2) is 4.91. The van der Waals surface area contributed by atoms with Crippen molar-refractivity contribution in [1.82, 2.24) is 9.55 Å². The van der Waals surface area contributed by atoms with Crippen LogP contribution in [0, 0.1) is 0 Å². The van der Waals surface area contributed by atoms with Crippen molar-refractivity contribution < 1.29 is 0 Å². The van der Waals surface area contributed by atoms with Gasteiger partial charge in [-0.25, -0.2) is 4.98 Å². The van der Waals surface area contributed by atoms with Gasteiger partial charge in [0.15, 0.2) is 0 Å². The van der Waals surface area contributed by atoms with Crippen molar-refractivity contribution in [3.63, 3.8) is 0 Å². The maximum atomic E-state index is 6.02. The molecule has 2 nitrogen and oxygen atoms in total. The van der Waals surface area contributed by atoms with E-state index in [0.717, 1.165) is 5.56 Å². The summed E-state index contributed by atoms with van der Waals surface area (Å²) in [6.45, 7) is 0. The Bertz CT molecular complexity index is 532. The molecule has 0 aliphatic heterocycles. The summed E-state index contributed by atoms with van der Waals surface area (Å²) in [6, 6.07) is 5.31. The van der Waals surface area contributed by atoms with Crippen LogP contribution in [-0.4, -0.2) is 9.55 Å².